The number of alkyl halides is 3. The lowest BCUT2D eigenvalue weighted by molar-refractivity contribution is -0.137. The number of ether oxygens (including phenoxy) is 1. The van der Waals surface area contributed by atoms with Gasteiger partial charge in [0.1, 0.15) is 0 Å². The first-order chi connectivity index (χ1) is 16.3. The van der Waals surface area contributed by atoms with Crippen molar-refractivity contribution in [2.75, 3.05) is 19.0 Å². The number of hydroxylamine groups is 1. The third-order valence-electron chi connectivity index (χ3n) is 5.28. The molecule has 0 spiro atoms. The van der Waals surface area contributed by atoms with Crippen LogP contribution in [0.1, 0.15) is 15.9 Å². The van der Waals surface area contributed by atoms with Crippen LogP contribution in [0, 0.1) is 0 Å². The van der Waals surface area contributed by atoms with Crippen LogP contribution in [-0.4, -0.2) is 34.4 Å². The van der Waals surface area contributed by atoms with Crippen molar-refractivity contribution in [1.29, 1.82) is 0 Å². The van der Waals surface area contributed by atoms with Crippen LogP contribution in [0.3, 0.4) is 0 Å². The van der Waals surface area contributed by atoms with Gasteiger partial charge in [0.05, 0.1) is 23.2 Å². The lowest BCUT2D eigenvalue weighted by atomic mass is 9.98. The van der Waals surface area contributed by atoms with Gasteiger partial charge in [-0.3, -0.25) is 10.0 Å². The predicted molar refractivity (Wildman–Crippen MR) is 121 cm³/mol. The van der Waals surface area contributed by atoms with Gasteiger partial charge in [-0.25, -0.2) is 10.5 Å². The summed E-state index contributed by atoms with van der Waals surface area (Å²) < 4.78 is 48.7. The number of rotatable bonds is 7. The molecule has 10 heteroatoms. The molecule has 34 heavy (non-hydrogen) atoms. The van der Waals surface area contributed by atoms with E-state index >= 15 is 0 Å². The van der Waals surface area contributed by atoms with E-state index in [0.29, 0.717) is 29.9 Å². The zero-order valence-corrected chi connectivity index (χ0v) is 18.1. The molecule has 0 saturated carbocycles. The average molecular weight is 470 g/mol. The molecule has 0 aliphatic carbocycles. The van der Waals surface area contributed by atoms with Gasteiger partial charge < -0.3 is 14.6 Å². The van der Waals surface area contributed by atoms with E-state index < -0.39 is 17.6 Å². The van der Waals surface area contributed by atoms with E-state index in [9.17, 15) is 18.0 Å². The number of hydrogen-bond acceptors (Lipinski definition) is 5. The van der Waals surface area contributed by atoms with Gasteiger partial charge in [-0.2, -0.15) is 13.2 Å². The molecule has 0 radical (unpaired) electrons. The van der Waals surface area contributed by atoms with Crippen molar-refractivity contribution < 1.29 is 27.9 Å². The van der Waals surface area contributed by atoms with Crippen molar-refractivity contribution in [1.82, 2.24) is 15.0 Å². The molecule has 1 heterocycles. The summed E-state index contributed by atoms with van der Waals surface area (Å²) >= 11 is 0. The number of aromatic nitrogens is 2. The first kappa shape index (κ1) is 23.3. The van der Waals surface area contributed by atoms with Crippen molar-refractivity contribution in [3.63, 3.8) is 0 Å². The third-order valence-corrected chi connectivity index (χ3v) is 5.28. The Kier molecular flexibility index (Phi) is 6.53. The Morgan fingerprint density at radius 2 is 1.85 bits per heavy atom. The standard InChI is InChI=1S/C24H21F3N4O3/c1-34-11-10-31-21-13-18(15-6-3-2-4-7-15)19(24(25,26)27)14-20(21)29-23(31)28-17-9-5-8-16(12-17)22(32)30-33/h2-9,12-14,33H,10-11H2,1H3,(H,28,29)(H,30,32). The minimum atomic E-state index is -4.57. The number of benzene rings is 3. The molecule has 0 aliphatic rings. The van der Waals surface area contributed by atoms with Crippen LogP contribution in [0.25, 0.3) is 22.2 Å². The Morgan fingerprint density at radius 1 is 1.09 bits per heavy atom. The number of nitrogens with zero attached hydrogens (tertiary/aromatic N) is 2. The molecular formula is C24H21F3N4O3. The van der Waals surface area contributed by atoms with Crippen LogP contribution in [0.4, 0.5) is 24.8 Å². The maximum atomic E-state index is 13.9. The maximum Gasteiger partial charge on any atom is 0.417 e. The number of amides is 1. The number of methoxy groups -OCH3 is 1. The fourth-order valence-electron chi connectivity index (χ4n) is 3.70. The number of nitrogens with one attached hydrogen (secondary N) is 2. The molecule has 0 bridgehead atoms. The minimum Gasteiger partial charge on any atom is -0.383 e. The lowest BCUT2D eigenvalue weighted by Gasteiger charge is -2.15. The van der Waals surface area contributed by atoms with Gasteiger partial charge in [0, 0.05) is 24.9 Å². The summed E-state index contributed by atoms with van der Waals surface area (Å²) in [5.74, 6) is -0.411. The number of halogens is 3. The second kappa shape index (κ2) is 9.54. The van der Waals surface area contributed by atoms with E-state index in [2.05, 4.69) is 10.3 Å². The Bertz CT molecular complexity index is 1320. The molecule has 0 atom stereocenters. The van der Waals surface area contributed by atoms with Gasteiger partial charge >= 0.3 is 6.18 Å². The molecule has 7 nitrogen and oxygen atoms in total. The fraction of sp³-hybridized carbons (Fsp3) is 0.167. The predicted octanol–water partition coefficient (Wildman–Crippen LogP) is 5.23. The molecule has 0 fully saturated rings. The van der Waals surface area contributed by atoms with Gasteiger partial charge in [0.25, 0.3) is 5.91 Å². The van der Waals surface area contributed by atoms with Crippen molar-refractivity contribution in [3.8, 4) is 11.1 Å². The molecule has 0 unspecified atom stereocenters. The highest BCUT2D eigenvalue weighted by Gasteiger charge is 2.35. The molecule has 1 aromatic heterocycles. The monoisotopic (exact) mass is 470 g/mol. The highest BCUT2D eigenvalue weighted by Crippen LogP contribution is 2.40. The van der Waals surface area contributed by atoms with Gasteiger partial charge in [0.15, 0.2) is 0 Å². The Balaban J connectivity index is 1.87. The Labute approximate surface area is 192 Å². The first-order valence-corrected chi connectivity index (χ1v) is 10.3. The van der Waals surface area contributed by atoms with E-state index in [-0.39, 0.29) is 22.6 Å². The molecule has 3 N–H and O–H groups in total. The molecule has 4 rings (SSSR count). The maximum absolute atomic E-state index is 13.9. The van der Waals surface area contributed by atoms with Gasteiger partial charge in [-0.15, -0.1) is 0 Å². The summed E-state index contributed by atoms with van der Waals surface area (Å²) in [4.78, 5) is 16.1. The fourth-order valence-corrected chi connectivity index (χ4v) is 3.70. The van der Waals surface area contributed by atoms with Crippen molar-refractivity contribution in [3.05, 3.63) is 77.9 Å². The summed E-state index contributed by atoms with van der Waals surface area (Å²) in [7, 11) is 1.53. The summed E-state index contributed by atoms with van der Waals surface area (Å²) in [6.07, 6.45) is -4.57. The number of carbonyl (C=O) groups is 1. The van der Waals surface area contributed by atoms with Crippen LogP contribution >= 0.6 is 0 Å². The van der Waals surface area contributed by atoms with E-state index in [1.807, 2.05) is 0 Å². The van der Waals surface area contributed by atoms with E-state index in [4.69, 9.17) is 9.94 Å². The van der Waals surface area contributed by atoms with Crippen molar-refractivity contribution >= 4 is 28.6 Å². The normalized spacial score (nSPS) is 11.6. The quantitative estimate of drug-likeness (QED) is 0.254. The summed E-state index contributed by atoms with van der Waals surface area (Å²) in [6, 6.07) is 17.2. The van der Waals surface area contributed by atoms with E-state index in [1.165, 1.54) is 25.3 Å². The number of fused-ring (bicyclic) bond motifs is 1. The number of anilines is 2. The zero-order valence-electron chi connectivity index (χ0n) is 18.1. The summed E-state index contributed by atoms with van der Waals surface area (Å²) in [6.45, 7) is 0.626. The van der Waals surface area contributed by atoms with Crippen LogP contribution in [0.15, 0.2) is 66.7 Å². The number of carbonyl (C=O) groups excluding carboxylic acids is 1. The van der Waals surface area contributed by atoms with Crippen LogP contribution < -0.4 is 10.8 Å². The van der Waals surface area contributed by atoms with Crippen LogP contribution in [0.5, 0.6) is 0 Å². The lowest BCUT2D eigenvalue weighted by Crippen LogP contribution is -2.18. The smallest absolute Gasteiger partial charge is 0.383 e. The van der Waals surface area contributed by atoms with Gasteiger partial charge in [-0.05, 0) is 41.5 Å². The second-order valence-electron chi connectivity index (χ2n) is 7.48. The van der Waals surface area contributed by atoms with Crippen molar-refractivity contribution in [2.24, 2.45) is 0 Å². The van der Waals surface area contributed by atoms with Crippen LogP contribution in [0.2, 0.25) is 0 Å². The Hall–Kier alpha value is -3.89. The Morgan fingerprint density at radius 3 is 2.53 bits per heavy atom. The average Bonchev–Trinajstić information content (AvgIpc) is 3.17. The minimum absolute atomic E-state index is 0.0485. The molecular weight excluding hydrogens is 449 g/mol. The van der Waals surface area contributed by atoms with E-state index in [1.54, 1.807) is 52.5 Å². The third kappa shape index (κ3) is 4.73. The number of imidazole rings is 1. The van der Waals surface area contributed by atoms with E-state index in [0.717, 1.165) is 6.07 Å². The summed E-state index contributed by atoms with van der Waals surface area (Å²) in [5.41, 5.74) is 2.59. The molecule has 1 amide bonds. The largest absolute Gasteiger partial charge is 0.417 e. The molecule has 176 valence electrons. The molecule has 0 aliphatic heterocycles. The highest BCUT2D eigenvalue weighted by molar-refractivity contribution is 5.94. The highest BCUT2D eigenvalue weighted by atomic mass is 19.4. The second-order valence-corrected chi connectivity index (χ2v) is 7.48. The summed E-state index contributed by atoms with van der Waals surface area (Å²) in [5, 5.41) is 11.9. The zero-order chi connectivity index (χ0) is 24.3. The SMILES string of the molecule is COCCn1c(Nc2cccc(C(=O)NO)c2)nc2cc(C(F)(F)F)c(-c3ccccc3)cc21. The van der Waals surface area contributed by atoms with Gasteiger partial charge in [0.2, 0.25) is 5.95 Å². The molecule has 4 aromatic rings. The van der Waals surface area contributed by atoms with Crippen molar-refractivity contribution in [2.45, 2.75) is 12.7 Å². The number of hydrogen-bond donors (Lipinski definition) is 3. The molecule has 0 saturated heterocycles. The topological polar surface area (TPSA) is 88.4 Å². The van der Waals surface area contributed by atoms with Crippen LogP contribution in [-0.2, 0) is 17.5 Å². The first-order valence-electron chi connectivity index (χ1n) is 10.3. The molecule has 3 aromatic carbocycles. The van der Waals surface area contributed by atoms with Gasteiger partial charge in [-0.1, -0.05) is 36.4 Å².